The van der Waals surface area contributed by atoms with Crippen LogP contribution < -0.4 is 0 Å². The first kappa shape index (κ1) is 15.1. The highest BCUT2D eigenvalue weighted by molar-refractivity contribution is 5.29. The normalized spacial score (nSPS) is 15.5. The summed E-state index contributed by atoms with van der Waals surface area (Å²) in [5, 5.41) is 3.99. The number of hydrogen-bond donors (Lipinski definition) is 0. The first-order valence-corrected chi connectivity index (χ1v) is 7.22. The maximum atomic E-state index is 13.0. The third-order valence-electron chi connectivity index (χ3n) is 3.75. The second-order valence-electron chi connectivity index (χ2n) is 5.82. The molecule has 0 radical (unpaired) electrons. The molecule has 1 aliphatic carbocycles. The molecule has 0 saturated heterocycles. The molecule has 3 rings (SSSR count). The van der Waals surface area contributed by atoms with Crippen LogP contribution in [-0.4, -0.2) is 17.1 Å². The number of halogens is 3. The fraction of sp³-hybridized carbons (Fsp3) is 0.438. The van der Waals surface area contributed by atoms with Crippen molar-refractivity contribution in [2.45, 2.75) is 38.0 Å². The molecule has 0 N–H and O–H groups in total. The minimum absolute atomic E-state index is 0.210. The Morgan fingerprint density at radius 2 is 1.95 bits per heavy atom. The molecule has 1 heterocycles. The maximum absolute atomic E-state index is 13.0. The van der Waals surface area contributed by atoms with E-state index >= 15 is 0 Å². The van der Waals surface area contributed by atoms with Gasteiger partial charge in [-0.15, -0.1) is 0 Å². The van der Waals surface area contributed by atoms with E-state index in [9.17, 15) is 13.2 Å². The van der Waals surface area contributed by atoms with Gasteiger partial charge < -0.3 is 4.52 Å². The van der Waals surface area contributed by atoms with E-state index in [2.05, 4.69) is 5.16 Å². The van der Waals surface area contributed by atoms with Crippen LogP contribution in [0.3, 0.4) is 0 Å². The van der Waals surface area contributed by atoms with E-state index in [1.807, 2.05) is 6.07 Å². The summed E-state index contributed by atoms with van der Waals surface area (Å²) in [6, 6.07) is 7.57. The summed E-state index contributed by atoms with van der Waals surface area (Å²) < 4.78 is 44.2. The molecule has 0 bridgehead atoms. The number of alkyl halides is 3. The SMILES string of the molecule is CN(Cc1cc(C2CC2)on1)Cc1ccccc1C(F)(F)F. The van der Waals surface area contributed by atoms with Crippen molar-refractivity contribution in [3.8, 4) is 0 Å². The van der Waals surface area contributed by atoms with Crippen molar-refractivity contribution in [2.24, 2.45) is 0 Å². The number of benzene rings is 1. The molecular formula is C16H17F3N2O. The molecule has 118 valence electrons. The van der Waals surface area contributed by atoms with Gasteiger partial charge in [0.05, 0.1) is 11.3 Å². The molecule has 22 heavy (non-hydrogen) atoms. The fourth-order valence-electron chi connectivity index (χ4n) is 2.52. The van der Waals surface area contributed by atoms with Gasteiger partial charge in [-0.05, 0) is 31.5 Å². The smallest absolute Gasteiger partial charge is 0.361 e. The lowest BCUT2D eigenvalue weighted by atomic mass is 10.1. The average Bonchev–Trinajstić information content (AvgIpc) is 3.19. The van der Waals surface area contributed by atoms with E-state index in [0.29, 0.717) is 12.5 Å². The molecule has 1 saturated carbocycles. The predicted octanol–water partition coefficient (Wildman–Crippen LogP) is 4.20. The Hall–Kier alpha value is -1.82. The minimum Gasteiger partial charge on any atom is -0.361 e. The lowest BCUT2D eigenvalue weighted by molar-refractivity contribution is -0.138. The summed E-state index contributed by atoms with van der Waals surface area (Å²) in [5.74, 6) is 1.37. The van der Waals surface area contributed by atoms with Gasteiger partial charge in [-0.25, -0.2) is 0 Å². The quantitative estimate of drug-likeness (QED) is 0.829. The monoisotopic (exact) mass is 310 g/mol. The molecule has 1 aromatic carbocycles. The van der Waals surface area contributed by atoms with Crippen LogP contribution in [0.5, 0.6) is 0 Å². The van der Waals surface area contributed by atoms with Crippen LogP contribution in [0.4, 0.5) is 13.2 Å². The second-order valence-corrected chi connectivity index (χ2v) is 5.82. The van der Waals surface area contributed by atoms with Gasteiger partial charge in [0, 0.05) is 25.1 Å². The van der Waals surface area contributed by atoms with Gasteiger partial charge in [-0.3, -0.25) is 4.90 Å². The Morgan fingerprint density at radius 1 is 1.23 bits per heavy atom. The minimum atomic E-state index is -4.33. The van der Waals surface area contributed by atoms with Crippen LogP contribution in [0.1, 0.15) is 41.3 Å². The summed E-state index contributed by atoms with van der Waals surface area (Å²) in [6.07, 6.45) is -2.07. The summed E-state index contributed by atoms with van der Waals surface area (Å²) in [7, 11) is 1.78. The van der Waals surface area contributed by atoms with Gasteiger partial charge in [-0.2, -0.15) is 13.2 Å². The largest absolute Gasteiger partial charge is 0.416 e. The molecule has 1 aromatic heterocycles. The lowest BCUT2D eigenvalue weighted by Gasteiger charge is -2.18. The summed E-state index contributed by atoms with van der Waals surface area (Å²) in [4.78, 5) is 1.80. The van der Waals surface area contributed by atoms with Gasteiger partial charge in [0.25, 0.3) is 0 Å². The molecule has 0 amide bonds. The predicted molar refractivity (Wildman–Crippen MR) is 75.1 cm³/mol. The zero-order valence-electron chi connectivity index (χ0n) is 12.2. The number of rotatable bonds is 5. The van der Waals surface area contributed by atoms with Crippen molar-refractivity contribution in [3.63, 3.8) is 0 Å². The van der Waals surface area contributed by atoms with Crippen molar-refractivity contribution >= 4 is 0 Å². The number of hydrogen-bond acceptors (Lipinski definition) is 3. The Labute approximate surface area is 126 Å². The molecule has 2 aromatic rings. The highest BCUT2D eigenvalue weighted by atomic mass is 19.4. The third-order valence-corrected chi connectivity index (χ3v) is 3.75. The van der Waals surface area contributed by atoms with Gasteiger partial charge in [0.2, 0.25) is 0 Å². The first-order valence-electron chi connectivity index (χ1n) is 7.22. The van der Waals surface area contributed by atoms with Crippen molar-refractivity contribution < 1.29 is 17.7 Å². The molecule has 1 fully saturated rings. The lowest BCUT2D eigenvalue weighted by Crippen LogP contribution is -2.20. The standard InChI is InChI=1S/C16H17F3N2O/c1-21(10-13-8-15(22-20-13)11-6-7-11)9-12-4-2-3-5-14(12)16(17,18)19/h2-5,8,11H,6-7,9-10H2,1H3. The third kappa shape index (κ3) is 3.50. The van der Waals surface area contributed by atoms with E-state index in [4.69, 9.17) is 4.52 Å². The Kier molecular flexibility index (Phi) is 3.95. The van der Waals surface area contributed by atoms with Crippen molar-refractivity contribution in [1.82, 2.24) is 10.1 Å². The Morgan fingerprint density at radius 3 is 2.64 bits per heavy atom. The van der Waals surface area contributed by atoms with Gasteiger partial charge in [0.15, 0.2) is 0 Å². The first-order chi connectivity index (χ1) is 10.4. The van der Waals surface area contributed by atoms with Crippen LogP contribution in [0.15, 0.2) is 34.9 Å². The van der Waals surface area contributed by atoms with Crippen LogP contribution in [0.25, 0.3) is 0 Å². The van der Waals surface area contributed by atoms with Crippen LogP contribution in [0.2, 0.25) is 0 Å². The van der Waals surface area contributed by atoms with Crippen LogP contribution in [0, 0.1) is 0 Å². The van der Waals surface area contributed by atoms with Crippen molar-refractivity contribution in [2.75, 3.05) is 7.05 Å². The summed E-state index contributed by atoms with van der Waals surface area (Å²) >= 11 is 0. The maximum Gasteiger partial charge on any atom is 0.416 e. The van der Waals surface area contributed by atoms with Crippen molar-refractivity contribution in [3.05, 3.63) is 52.9 Å². The van der Waals surface area contributed by atoms with E-state index < -0.39 is 11.7 Å². The highest BCUT2D eigenvalue weighted by Gasteiger charge is 2.33. The molecule has 0 unspecified atom stereocenters. The Balaban J connectivity index is 1.67. The fourth-order valence-corrected chi connectivity index (χ4v) is 2.52. The summed E-state index contributed by atoms with van der Waals surface area (Å²) in [5.41, 5.74) is 0.443. The highest BCUT2D eigenvalue weighted by Crippen LogP contribution is 2.40. The average molecular weight is 310 g/mol. The topological polar surface area (TPSA) is 29.3 Å². The van der Waals surface area contributed by atoms with E-state index in [-0.39, 0.29) is 12.1 Å². The molecule has 1 aliphatic rings. The zero-order valence-corrected chi connectivity index (χ0v) is 12.2. The van der Waals surface area contributed by atoms with Crippen LogP contribution >= 0.6 is 0 Å². The Bertz CT molecular complexity index is 647. The molecular weight excluding hydrogens is 293 g/mol. The molecule has 6 heteroatoms. The zero-order chi connectivity index (χ0) is 15.7. The molecule has 0 aliphatic heterocycles. The van der Waals surface area contributed by atoms with Crippen molar-refractivity contribution in [1.29, 1.82) is 0 Å². The molecule has 0 atom stereocenters. The number of nitrogens with zero attached hydrogens (tertiary/aromatic N) is 2. The van der Waals surface area contributed by atoms with Gasteiger partial charge in [0.1, 0.15) is 5.76 Å². The molecule has 0 spiro atoms. The van der Waals surface area contributed by atoms with E-state index in [1.165, 1.54) is 12.1 Å². The van der Waals surface area contributed by atoms with Gasteiger partial charge in [-0.1, -0.05) is 23.4 Å². The summed E-state index contributed by atoms with van der Waals surface area (Å²) in [6.45, 7) is 0.670. The van der Waals surface area contributed by atoms with E-state index in [1.54, 1.807) is 18.0 Å². The van der Waals surface area contributed by atoms with Crippen LogP contribution in [-0.2, 0) is 19.3 Å². The second kappa shape index (κ2) is 5.76. The van der Waals surface area contributed by atoms with E-state index in [0.717, 1.165) is 30.4 Å². The van der Waals surface area contributed by atoms with Gasteiger partial charge >= 0.3 is 6.18 Å². The number of aromatic nitrogens is 1. The molecule has 3 nitrogen and oxygen atoms in total.